The molecule has 62 heavy (non-hydrogen) atoms. The Bertz CT molecular complexity index is 924. The lowest BCUT2D eigenvalue weighted by Gasteiger charge is -2.20. The first-order chi connectivity index (χ1) is 30.4. The maximum atomic E-state index is 12.7. The molecule has 0 aromatic rings. The predicted octanol–water partition coefficient (Wildman–Crippen LogP) is 17.2. The Morgan fingerprint density at radius 2 is 0.710 bits per heavy atom. The predicted molar refractivity (Wildman–Crippen MR) is 266 cm³/mol. The van der Waals surface area contributed by atoms with Crippen molar-refractivity contribution in [2.45, 2.75) is 302 Å². The highest BCUT2D eigenvalue weighted by atomic mass is 31.2. The molecule has 9 heteroatoms. The third-order valence-electron chi connectivity index (χ3n) is 12.5. The van der Waals surface area contributed by atoms with Crippen molar-refractivity contribution < 1.29 is 32.8 Å². The Morgan fingerprint density at radius 1 is 0.419 bits per heavy atom. The van der Waals surface area contributed by atoms with Gasteiger partial charge in [0.15, 0.2) is 0 Å². The summed E-state index contributed by atoms with van der Waals surface area (Å²) in [5.41, 5.74) is 5.40. The van der Waals surface area contributed by atoms with Crippen LogP contribution in [0.1, 0.15) is 296 Å². The van der Waals surface area contributed by atoms with Crippen LogP contribution in [0.15, 0.2) is 0 Å². The number of esters is 1. The van der Waals surface area contributed by atoms with Crippen LogP contribution >= 0.6 is 7.82 Å². The van der Waals surface area contributed by atoms with Crippen LogP contribution in [0.2, 0.25) is 0 Å². The molecule has 0 aromatic heterocycles. The summed E-state index contributed by atoms with van der Waals surface area (Å²) in [4.78, 5) is 22.6. The minimum atomic E-state index is -4.28. The fourth-order valence-corrected chi connectivity index (χ4v) is 9.24. The minimum absolute atomic E-state index is 0.0896. The van der Waals surface area contributed by atoms with Crippen LogP contribution in [0.25, 0.3) is 0 Å². The normalized spacial score (nSPS) is 13.2. The summed E-state index contributed by atoms with van der Waals surface area (Å²) in [5, 5.41) is 0. The first-order valence-corrected chi connectivity index (χ1v) is 29.0. The highest BCUT2D eigenvalue weighted by Gasteiger charge is 2.25. The molecule has 0 aliphatic rings. The van der Waals surface area contributed by atoms with Crippen molar-refractivity contribution in [3.63, 3.8) is 0 Å². The van der Waals surface area contributed by atoms with Crippen LogP contribution in [0.3, 0.4) is 0 Å². The van der Waals surface area contributed by atoms with E-state index in [0.29, 0.717) is 13.0 Å². The molecule has 0 aliphatic heterocycles. The first kappa shape index (κ1) is 61.5. The molecule has 0 bridgehead atoms. The van der Waals surface area contributed by atoms with Crippen LogP contribution in [0, 0.1) is 0 Å². The highest BCUT2D eigenvalue weighted by Crippen LogP contribution is 2.43. The minimum Gasteiger partial charge on any atom is -0.457 e. The maximum Gasteiger partial charge on any atom is 0.472 e. The van der Waals surface area contributed by atoms with Gasteiger partial charge in [-0.3, -0.25) is 13.8 Å². The zero-order chi connectivity index (χ0) is 45.1. The van der Waals surface area contributed by atoms with E-state index in [1.807, 2.05) is 0 Å². The van der Waals surface area contributed by atoms with Crippen molar-refractivity contribution in [1.82, 2.24) is 0 Å². The third-order valence-corrected chi connectivity index (χ3v) is 13.5. The molecule has 0 saturated carbocycles. The Morgan fingerprint density at radius 3 is 1.02 bits per heavy atom. The van der Waals surface area contributed by atoms with E-state index in [1.165, 1.54) is 244 Å². The van der Waals surface area contributed by atoms with Gasteiger partial charge in [-0.1, -0.05) is 277 Å². The molecule has 0 rings (SSSR count). The summed E-state index contributed by atoms with van der Waals surface area (Å²) in [6.07, 6.45) is 57.2. The number of hydrogen-bond donors (Lipinski definition) is 2. The van der Waals surface area contributed by atoms with E-state index in [9.17, 15) is 14.3 Å². The molecular weight excluding hydrogens is 794 g/mol. The first-order valence-electron chi connectivity index (χ1n) is 27.5. The van der Waals surface area contributed by atoms with E-state index in [2.05, 4.69) is 13.8 Å². The number of carbonyl (C=O) groups excluding carboxylic acids is 1. The second-order valence-corrected chi connectivity index (χ2v) is 20.3. The summed E-state index contributed by atoms with van der Waals surface area (Å²) < 4.78 is 33.7. The molecule has 2 atom stereocenters. The van der Waals surface area contributed by atoms with Gasteiger partial charge in [0.25, 0.3) is 0 Å². The fourth-order valence-electron chi connectivity index (χ4n) is 8.47. The van der Waals surface area contributed by atoms with Crippen LogP contribution in [-0.2, 0) is 27.9 Å². The zero-order valence-corrected chi connectivity index (χ0v) is 42.5. The van der Waals surface area contributed by atoms with E-state index in [1.54, 1.807) is 0 Å². The Labute approximate surface area is 386 Å². The molecule has 0 spiro atoms. The maximum absolute atomic E-state index is 12.7. The lowest BCUT2D eigenvalue weighted by atomic mass is 10.0. The van der Waals surface area contributed by atoms with Gasteiger partial charge in [0.05, 0.1) is 19.8 Å². The molecule has 0 aromatic carbocycles. The van der Waals surface area contributed by atoms with Crippen molar-refractivity contribution in [2.75, 3.05) is 33.0 Å². The molecule has 8 nitrogen and oxygen atoms in total. The second-order valence-electron chi connectivity index (χ2n) is 18.8. The SMILES string of the molecule is CCCCCCCCCCCCCCCCCCCCCCCCOCC(COP(=O)(O)OCCN)OC(=O)CCCCCCCCCCCCCCCCCCCCCCC. The van der Waals surface area contributed by atoms with E-state index in [0.717, 1.165) is 32.1 Å². The van der Waals surface area contributed by atoms with Gasteiger partial charge in [0.1, 0.15) is 6.10 Å². The third kappa shape index (κ3) is 50.5. The zero-order valence-electron chi connectivity index (χ0n) is 41.6. The Kier molecular flexibility index (Phi) is 51.1. The summed E-state index contributed by atoms with van der Waals surface area (Å²) in [6.45, 7) is 5.02. The lowest BCUT2D eigenvalue weighted by Crippen LogP contribution is -2.28. The van der Waals surface area contributed by atoms with Gasteiger partial charge in [0, 0.05) is 19.6 Å². The van der Waals surface area contributed by atoms with Crippen LogP contribution in [0.5, 0.6) is 0 Å². The van der Waals surface area contributed by atoms with Crippen LogP contribution in [-0.4, -0.2) is 49.9 Å². The van der Waals surface area contributed by atoms with E-state index in [-0.39, 0.29) is 32.3 Å². The number of unbranched alkanes of at least 4 members (excludes halogenated alkanes) is 41. The quantitative estimate of drug-likeness (QED) is 0.0352. The van der Waals surface area contributed by atoms with Gasteiger partial charge in [-0.05, 0) is 12.8 Å². The molecule has 2 unspecified atom stereocenters. The van der Waals surface area contributed by atoms with Gasteiger partial charge in [-0.2, -0.15) is 0 Å². The number of phosphoric acid groups is 1. The summed E-state index contributed by atoms with van der Waals surface area (Å²) >= 11 is 0. The number of hydrogen-bond acceptors (Lipinski definition) is 7. The van der Waals surface area contributed by atoms with E-state index in [4.69, 9.17) is 24.3 Å². The molecule has 372 valence electrons. The lowest BCUT2D eigenvalue weighted by molar-refractivity contribution is -0.154. The molecule has 3 N–H and O–H groups in total. The summed E-state index contributed by atoms with van der Waals surface area (Å²) in [6, 6.07) is 0. The molecule has 0 aliphatic carbocycles. The van der Waals surface area contributed by atoms with Crippen molar-refractivity contribution in [1.29, 1.82) is 0 Å². The van der Waals surface area contributed by atoms with Crippen molar-refractivity contribution in [3.05, 3.63) is 0 Å². The largest absolute Gasteiger partial charge is 0.472 e. The average Bonchev–Trinajstić information content (AvgIpc) is 3.26. The number of phosphoric ester groups is 1. The van der Waals surface area contributed by atoms with Crippen molar-refractivity contribution in [3.8, 4) is 0 Å². The smallest absolute Gasteiger partial charge is 0.457 e. The molecule has 0 fully saturated rings. The molecule has 0 heterocycles. The highest BCUT2D eigenvalue weighted by molar-refractivity contribution is 7.47. The number of rotatable bonds is 54. The Balaban J connectivity index is 3.84. The van der Waals surface area contributed by atoms with Gasteiger partial charge in [-0.25, -0.2) is 4.57 Å². The standard InChI is InChI=1S/C53H108NO7P/c1-3-5-7-9-11-13-15-17-19-21-23-25-27-29-31-33-35-37-39-41-43-45-48-58-50-52(51-60-62(56,57)59-49-47-54)61-53(55)46-44-42-40-38-36-34-32-30-28-26-24-22-20-18-16-14-12-10-8-6-4-2/h52H,3-51,54H2,1-2H3,(H,56,57). The average molecular weight is 902 g/mol. The number of ether oxygens (including phenoxy) is 2. The summed E-state index contributed by atoms with van der Waals surface area (Å²) in [5.74, 6) is -0.319. The molecular formula is C53H108NO7P. The number of carbonyl (C=O) groups is 1. The molecule has 0 amide bonds. The van der Waals surface area contributed by atoms with Gasteiger partial charge < -0.3 is 20.1 Å². The topological polar surface area (TPSA) is 117 Å². The molecule has 0 radical (unpaired) electrons. The monoisotopic (exact) mass is 902 g/mol. The van der Waals surface area contributed by atoms with Crippen LogP contribution < -0.4 is 5.73 Å². The second kappa shape index (κ2) is 51.5. The van der Waals surface area contributed by atoms with Crippen molar-refractivity contribution in [2.24, 2.45) is 5.73 Å². The van der Waals surface area contributed by atoms with Gasteiger partial charge >= 0.3 is 13.8 Å². The Hall–Kier alpha value is -0.500. The van der Waals surface area contributed by atoms with E-state index >= 15 is 0 Å². The van der Waals surface area contributed by atoms with Gasteiger partial charge in [0.2, 0.25) is 0 Å². The van der Waals surface area contributed by atoms with Crippen molar-refractivity contribution >= 4 is 13.8 Å². The van der Waals surface area contributed by atoms with E-state index < -0.39 is 13.9 Å². The van der Waals surface area contributed by atoms with Crippen LogP contribution in [0.4, 0.5) is 0 Å². The number of nitrogens with two attached hydrogens (primary N) is 1. The molecule has 0 saturated heterocycles. The fraction of sp³-hybridized carbons (Fsp3) is 0.981. The van der Waals surface area contributed by atoms with Gasteiger partial charge in [-0.15, -0.1) is 0 Å². The summed E-state index contributed by atoms with van der Waals surface area (Å²) in [7, 11) is -4.28.